The van der Waals surface area contributed by atoms with Gasteiger partial charge in [-0.3, -0.25) is 4.68 Å². The first kappa shape index (κ1) is 14.0. The first-order valence-corrected chi connectivity index (χ1v) is 6.86. The van der Waals surface area contributed by atoms with Crippen LogP contribution in [0.4, 0.5) is 0 Å². The number of aromatic nitrogens is 2. The molecule has 19 heavy (non-hydrogen) atoms. The summed E-state index contributed by atoms with van der Waals surface area (Å²) in [4.78, 5) is 0. The van der Waals surface area contributed by atoms with E-state index in [9.17, 15) is 0 Å². The second-order valence-corrected chi connectivity index (χ2v) is 4.85. The molecular weight excluding hydrogens is 238 g/mol. The minimum Gasteiger partial charge on any atom is -0.377 e. The monoisotopic (exact) mass is 261 g/mol. The quantitative estimate of drug-likeness (QED) is 0.866. The van der Waals surface area contributed by atoms with Gasteiger partial charge in [-0.15, -0.1) is 0 Å². The predicted molar refractivity (Wildman–Crippen MR) is 78.4 cm³/mol. The normalized spacial score (nSPS) is 14.7. The van der Waals surface area contributed by atoms with Crippen molar-refractivity contribution in [2.75, 3.05) is 13.7 Å². The largest absolute Gasteiger partial charge is 0.377 e. The maximum absolute atomic E-state index is 5.69. The Morgan fingerprint density at radius 3 is 2.79 bits per heavy atom. The molecule has 2 unspecified atom stereocenters. The van der Waals surface area contributed by atoms with Gasteiger partial charge < -0.3 is 10.1 Å². The van der Waals surface area contributed by atoms with Crippen molar-refractivity contribution in [3.63, 3.8) is 0 Å². The Hall–Kier alpha value is -1.39. The van der Waals surface area contributed by atoms with Gasteiger partial charge in [0.25, 0.3) is 0 Å². The molecule has 0 bridgehead atoms. The average Bonchev–Trinajstić information content (AvgIpc) is 2.73. The maximum atomic E-state index is 5.69. The zero-order valence-electron chi connectivity index (χ0n) is 12.2. The summed E-state index contributed by atoms with van der Waals surface area (Å²) in [6.45, 7) is 4.87. The molecule has 4 nitrogen and oxygen atoms in total. The molecule has 0 radical (unpaired) electrons. The van der Waals surface area contributed by atoms with Gasteiger partial charge in [0.1, 0.15) is 0 Å². The van der Waals surface area contributed by atoms with Crippen LogP contribution in [-0.4, -0.2) is 35.6 Å². The third-order valence-electron chi connectivity index (χ3n) is 3.61. The van der Waals surface area contributed by atoms with E-state index in [0.29, 0.717) is 0 Å². The molecule has 4 heteroatoms. The fraction of sp³-hybridized carbons (Fsp3) is 0.533. The molecule has 1 aromatic heterocycles. The number of ether oxygens (including phenoxy) is 1. The Kier molecular flexibility index (Phi) is 4.56. The Labute approximate surface area is 114 Å². The second-order valence-electron chi connectivity index (χ2n) is 4.85. The van der Waals surface area contributed by atoms with Crippen LogP contribution >= 0.6 is 0 Å². The van der Waals surface area contributed by atoms with Crippen molar-refractivity contribution in [1.82, 2.24) is 15.1 Å². The lowest BCUT2D eigenvalue weighted by molar-refractivity contribution is 0.0495. The van der Waals surface area contributed by atoms with Gasteiger partial charge in [-0.1, -0.05) is 18.2 Å². The van der Waals surface area contributed by atoms with Crippen molar-refractivity contribution in [3.05, 3.63) is 30.0 Å². The lowest BCUT2D eigenvalue weighted by Gasteiger charge is -2.22. The summed E-state index contributed by atoms with van der Waals surface area (Å²) in [7, 11) is 3.97. The van der Waals surface area contributed by atoms with Crippen molar-refractivity contribution in [3.8, 4) is 0 Å². The molecule has 1 aromatic carbocycles. The molecular formula is C15H23N3O. The van der Waals surface area contributed by atoms with Crippen LogP contribution in [0.5, 0.6) is 0 Å². The van der Waals surface area contributed by atoms with Crippen LogP contribution in [0.2, 0.25) is 0 Å². The molecule has 0 spiro atoms. The fourth-order valence-electron chi connectivity index (χ4n) is 2.53. The molecule has 1 N–H and O–H groups in total. The van der Waals surface area contributed by atoms with E-state index in [0.717, 1.165) is 18.7 Å². The number of hydrogen-bond acceptors (Lipinski definition) is 3. The number of rotatable bonds is 6. The number of fused-ring (bicyclic) bond motifs is 1. The number of aryl methyl sites for hydroxylation is 1. The highest BCUT2D eigenvalue weighted by molar-refractivity contribution is 5.81. The Balaban J connectivity index is 2.24. The summed E-state index contributed by atoms with van der Waals surface area (Å²) < 4.78 is 7.64. The summed E-state index contributed by atoms with van der Waals surface area (Å²) >= 11 is 0. The molecule has 1 heterocycles. The third kappa shape index (κ3) is 2.96. The van der Waals surface area contributed by atoms with Crippen molar-refractivity contribution >= 4 is 10.9 Å². The molecule has 0 fully saturated rings. The minimum atomic E-state index is 0.177. The van der Waals surface area contributed by atoms with Crippen LogP contribution < -0.4 is 5.32 Å². The Bertz CT molecular complexity index is 535. The lowest BCUT2D eigenvalue weighted by atomic mass is 10.0. The van der Waals surface area contributed by atoms with E-state index in [4.69, 9.17) is 4.74 Å². The van der Waals surface area contributed by atoms with Crippen molar-refractivity contribution < 1.29 is 4.74 Å². The Morgan fingerprint density at radius 2 is 2.11 bits per heavy atom. The zero-order chi connectivity index (χ0) is 13.8. The van der Waals surface area contributed by atoms with Gasteiger partial charge in [0.05, 0.1) is 17.3 Å². The van der Waals surface area contributed by atoms with Crippen LogP contribution in [0.1, 0.15) is 19.5 Å². The van der Waals surface area contributed by atoms with Gasteiger partial charge in [-0.05, 0) is 27.0 Å². The Morgan fingerprint density at radius 1 is 1.37 bits per heavy atom. The van der Waals surface area contributed by atoms with E-state index in [1.165, 1.54) is 10.9 Å². The van der Waals surface area contributed by atoms with E-state index in [1.54, 1.807) is 0 Å². The molecule has 0 aliphatic carbocycles. The first-order valence-electron chi connectivity index (χ1n) is 6.86. The number of nitrogens with zero attached hydrogens (tertiary/aromatic N) is 2. The van der Waals surface area contributed by atoms with Gasteiger partial charge in [0, 0.05) is 31.5 Å². The SMILES string of the molecule is CCOC(C)C(Cc1nn(C)c2ccccc12)NC. The lowest BCUT2D eigenvalue weighted by Crippen LogP contribution is -2.39. The minimum absolute atomic E-state index is 0.177. The van der Waals surface area contributed by atoms with E-state index >= 15 is 0 Å². The summed E-state index contributed by atoms with van der Waals surface area (Å²) in [6, 6.07) is 8.63. The summed E-state index contributed by atoms with van der Waals surface area (Å²) in [5.74, 6) is 0. The molecule has 2 aromatic rings. The second kappa shape index (κ2) is 6.17. The standard InChI is InChI=1S/C15H23N3O/c1-5-19-11(2)13(16-3)10-14-12-8-6-7-9-15(12)18(4)17-14/h6-9,11,13,16H,5,10H2,1-4H3. The number of para-hydroxylation sites is 1. The fourth-order valence-corrected chi connectivity index (χ4v) is 2.53. The van der Waals surface area contributed by atoms with Crippen LogP contribution in [-0.2, 0) is 18.2 Å². The summed E-state index contributed by atoms with van der Waals surface area (Å²) in [5.41, 5.74) is 2.31. The summed E-state index contributed by atoms with van der Waals surface area (Å²) in [6.07, 6.45) is 1.05. The number of nitrogens with one attached hydrogen (secondary N) is 1. The van der Waals surface area contributed by atoms with Gasteiger partial charge >= 0.3 is 0 Å². The molecule has 2 rings (SSSR count). The molecule has 104 valence electrons. The van der Waals surface area contributed by atoms with Crippen LogP contribution in [0, 0.1) is 0 Å². The van der Waals surface area contributed by atoms with Gasteiger partial charge in [0.2, 0.25) is 0 Å². The third-order valence-corrected chi connectivity index (χ3v) is 3.61. The molecule has 2 atom stereocenters. The molecule has 0 aliphatic rings. The average molecular weight is 261 g/mol. The van der Waals surface area contributed by atoms with E-state index in [2.05, 4.69) is 35.5 Å². The van der Waals surface area contributed by atoms with Gasteiger partial charge in [-0.25, -0.2) is 0 Å². The van der Waals surface area contributed by atoms with Crippen molar-refractivity contribution in [2.24, 2.45) is 7.05 Å². The van der Waals surface area contributed by atoms with Crippen LogP contribution in [0.3, 0.4) is 0 Å². The number of benzene rings is 1. The zero-order valence-corrected chi connectivity index (χ0v) is 12.2. The van der Waals surface area contributed by atoms with Crippen LogP contribution in [0.15, 0.2) is 24.3 Å². The summed E-state index contributed by atoms with van der Waals surface area (Å²) in [5, 5.41) is 9.21. The topological polar surface area (TPSA) is 39.1 Å². The van der Waals surface area contributed by atoms with Crippen molar-refractivity contribution in [1.29, 1.82) is 0 Å². The highest BCUT2D eigenvalue weighted by Gasteiger charge is 2.19. The maximum Gasteiger partial charge on any atom is 0.0719 e. The molecule has 0 amide bonds. The predicted octanol–water partition coefficient (Wildman–Crippen LogP) is 2.13. The van der Waals surface area contributed by atoms with E-state index < -0.39 is 0 Å². The smallest absolute Gasteiger partial charge is 0.0719 e. The van der Waals surface area contributed by atoms with E-state index in [1.807, 2.05) is 31.8 Å². The molecule has 0 saturated heterocycles. The molecule has 0 saturated carbocycles. The van der Waals surface area contributed by atoms with Gasteiger partial charge in [-0.2, -0.15) is 5.10 Å². The highest BCUT2D eigenvalue weighted by atomic mass is 16.5. The number of hydrogen-bond donors (Lipinski definition) is 1. The first-order chi connectivity index (χ1) is 9.17. The highest BCUT2D eigenvalue weighted by Crippen LogP contribution is 2.19. The van der Waals surface area contributed by atoms with Crippen LogP contribution in [0.25, 0.3) is 10.9 Å². The van der Waals surface area contributed by atoms with Crippen molar-refractivity contribution in [2.45, 2.75) is 32.4 Å². The van der Waals surface area contributed by atoms with E-state index in [-0.39, 0.29) is 12.1 Å². The molecule has 0 aliphatic heterocycles. The number of likely N-dealkylation sites (N-methyl/N-ethyl adjacent to an activating group) is 1. The van der Waals surface area contributed by atoms with Gasteiger partial charge in [0.15, 0.2) is 0 Å².